The minimum Gasteiger partial charge on any atom is -0.490 e. The normalized spacial score (nSPS) is 26.4. The third kappa shape index (κ3) is 2.28. The summed E-state index contributed by atoms with van der Waals surface area (Å²) in [7, 11) is 0. The molecular weight excluding hydrogens is 255 g/mol. The average Bonchev–Trinajstić information content (AvgIpc) is 2.30. The topological polar surface area (TPSA) is 9.23 Å². The molecule has 1 nitrogen and oxygen atoms in total. The van der Waals surface area contributed by atoms with Crippen LogP contribution in [-0.4, -0.2) is 11.5 Å². The zero-order chi connectivity index (χ0) is 12.5. The fraction of sp³-hybridized carbons (Fsp3) is 0.571. The van der Waals surface area contributed by atoms with Gasteiger partial charge in [-0.2, -0.15) is 0 Å². The van der Waals surface area contributed by atoms with E-state index in [1.54, 1.807) is 0 Å². The van der Waals surface area contributed by atoms with Crippen LogP contribution in [0.3, 0.4) is 0 Å². The Morgan fingerprint density at radius 2 is 2.06 bits per heavy atom. The van der Waals surface area contributed by atoms with Crippen molar-refractivity contribution in [3.8, 4) is 5.75 Å². The first kappa shape index (κ1) is 13.0. The Morgan fingerprint density at radius 1 is 1.35 bits per heavy atom. The van der Waals surface area contributed by atoms with Gasteiger partial charge in [-0.15, -0.1) is 11.6 Å². The van der Waals surface area contributed by atoms with Crippen molar-refractivity contribution in [2.75, 3.05) is 0 Å². The van der Waals surface area contributed by atoms with Crippen molar-refractivity contribution in [1.82, 2.24) is 0 Å². The van der Waals surface area contributed by atoms with Gasteiger partial charge in [0.05, 0.1) is 0 Å². The van der Waals surface area contributed by atoms with Gasteiger partial charge in [0, 0.05) is 22.2 Å². The second-order valence-corrected chi connectivity index (χ2v) is 5.67. The molecule has 2 rings (SSSR count). The van der Waals surface area contributed by atoms with Gasteiger partial charge in [-0.25, -0.2) is 0 Å². The predicted molar refractivity (Wildman–Crippen MR) is 73.1 cm³/mol. The molecule has 0 bridgehead atoms. The first-order chi connectivity index (χ1) is 8.12. The van der Waals surface area contributed by atoms with Gasteiger partial charge in [0.1, 0.15) is 11.9 Å². The molecule has 1 aromatic rings. The number of ether oxygens (including phenoxy) is 1. The summed E-state index contributed by atoms with van der Waals surface area (Å²) in [5.74, 6) is 0.845. The molecular formula is C14H18Cl2O. The molecule has 2 unspecified atom stereocenters. The minimum atomic E-state index is 0.129. The fourth-order valence-corrected chi connectivity index (χ4v) is 3.51. The highest BCUT2D eigenvalue weighted by atomic mass is 35.5. The number of hydrogen-bond donors (Lipinski definition) is 0. The number of alkyl halides is 1. The average molecular weight is 273 g/mol. The lowest BCUT2D eigenvalue weighted by Crippen LogP contribution is -2.56. The zero-order valence-electron chi connectivity index (χ0n) is 10.2. The van der Waals surface area contributed by atoms with Crippen molar-refractivity contribution >= 4 is 23.2 Å². The van der Waals surface area contributed by atoms with E-state index in [-0.39, 0.29) is 16.9 Å². The lowest BCUT2D eigenvalue weighted by molar-refractivity contribution is -0.0461. The van der Waals surface area contributed by atoms with E-state index in [1.807, 2.05) is 24.3 Å². The quantitative estimate of drug-likeness (QED) is 0.708. The number of rotatable bonds is 4. The Labute approximate surface area is 113 Å². The van der Waals surface area contributed by atoms with Gasteiger partial charge < -0.3 is 4.74 Å². The molecule has 3 heteroatoms. The van der Waals surface area contributed by atoms with Gasteiger partial charge in [-0.3, -0.25) is 0 Å². The first-order valence-corrected chi connectivity index (χ1v) is 7.00. The first-order valence-electron chi connectivity index (χ1n) is 6.18. The van der Waals surface area contributed by atoms with Crippen molar-refractivity contribution in [3.63, 3.8) is 0 Å². The molecule has 0 spiro atoms. The van der Waals surface area contributed by atoms with Gasteiger partial charge in [-0.1, -0.05) is 31.5 Å². The second kappa shape index (κ2) is 5.07. The molecule has 0 amide bonds. The van der Waals surface area contributed by atoms with Crippen LogP contribution in [0.25, 0.3) is 0 Å². The van der Waals surface area contributed by atoms with Crippen molar-refractivity contribution in [2.45, 2.75) is 44.6 Å². The van der Waals surface area contributed by atoms with Crippen LogP contribution in [0.15, 0.2) is 24.3 Å². The molecule has 1 aliphatic rings. The SMILES string of the molecule is CCC1(CC)C(Cl)CC1Oc1cccc(Cl)c1. The van der Waals surface area contributed by atoms with Crippen molar-refractivity contribution in [3.05, 3.63) is 29.3 Å². The van der Waals surface area contributed by atoms with Crippen LogP contribution in [0.5, 0.6) is 5.75 Å². The Bertz CT molecular complexity index is 388. The van der Waals surface area contributed by atoms with Crippen LogP contribution in [0.2, 0.25) is 5.02 Å². The number of benzene rings is 1. The molecule has 1 aromatic carbocycles. The third-order valence-corrected chi connectivity index (χ3v) is 4.92. The molecule has 0 aliphatic heterocycles. The van der Waals surface area contributed by atoms with Crippen LogP contribution < -0.4 is 4.74 Å². The Kier molecular flexibility index (Phi) is 3.89. The maximum Gasteiger partial charge on any atom is 0.121 e. The summed E-state index contributed by atoms with van der Waals surface area (Å²) in [5.41, 5.74) is 0.129. The van der Waals surface area contributed by atoms with E-state index >= 15 is 0 Å². The van der Waals surface area contributed by atoms with Crippen molar-refractivity contribution in [1.29, 1.82) is 0 Å². The van der Waals surface area contributed by atoms with Gasteiger partial charge >= 0.3 is 0 Å². The van der Waals surface area contributed by atoms with Crippen LogP contribution in [0.4, 0.5) is 0 Å². The van der Waals surface area contributed by atoms with Gasteiger partial charge in [0.25, 0.3) is 0 Å². The molecule has 1 aliphatic carbocycles. The maximum absolute atomic E-state index is 6.36. The van der Waals surface area contributed by atoms with Gasteiger partial charge in [0.15, 0.2) is 0 Å². The van der Waals surface area contributed by atoms with E-state index in [1.165, 1.54) is 0 Å². The molecule has 0 aromatic heterocycles. The fourth-order valence-electron chi connectivity index (χ4n) is 2.72. The molecule has 1 saturated carbocycles. The summed E-state index contributed by atoms with van der Waals surface area (Å²) < 4.78 is 6.03. The Balaban J connectivity index is 2.10. The van der Waals surface area contributed by atoms with Gasteiger partial charge in [0.2, 0.25) is 0 Å². The summed E-state index contributed by atoms with van der Waals surface area (Å²) in [6.45, 7) is 4.37. The highest BCUT2D eigenvalue weighted by Gasteiger charge is 2.53. The molecule has 0 saturated heterocycles. The van der Waals surface area contributed by atoms with E-state index in [0.29, 0.717) is 5.02 Å². The molecule has 0 N–H and O–H groups in total. The summed E-state index contributed by atoms with van der Waals surface area (Å²) in [6.07, 6.45) is 3.26. The van der Waals surface area contributed by atoms with E-state index < -0.39 is 0 Å². The molecule has 17 heavy (non-hydrogen) atoms. The van der Waals surface area contributed by atoms with Crippen LogP contribution >= 0.6 is 23.2 Å². The molecule has 0 radical (unpaired) electrons. The summed E-state index contributed by atoms with van der Waals surface area (Å²) in [4.78, 5) is 0. The Hall–Kier alpha value is -0.400. The summed E-state index contributed by atoms with van der Waals surface area (Å²) >= 11 is 12.3. The van der Waals surface area contributed by atoms with E-state index in [9.17, 15) is 0 Å². The molecule has 0 heterocycles. The third-order valence-electron chi connectivity index (χ3n) is 4.08. The van der Waals surface area contributed by atoms with Crippen molar-refractivity contribution in [2.24, 2.45) is 5.41 Å². The second-order valence-electron chi connectivity index (χ2n) is 4.71. The molecule has 2 atom stereocenters. The highest BCUT2D eigenvalue weighted by Crippen LogP contribution is 2.51. The summed E-state index contributed by atoms with van der Waals surface area (Å²) in [6, 6.07) is 7.57. The molecule has 1 fully saturated rings. The summed E-state index contributed by atoms with van der Waals surface area (Å²) in [5, 5.41) is 0.949. The van der Waals surface area contributed by atoms with Crippen LogP contribution in [0.1, 0.15) is 33.1 Å². The van der Waals surface area contributed by atoms with E-state index in [4.69, 9.17) is 27.9 Å². The number of hydrogen-bond acceptors (Lipinski definition) is 1. The number of halogens is 2. The standard InChI is InChI=1S/C14H18Cl2O/c1-3-14(4-2)12(16)9-13(14)17-11-7-5-6-10(15)8-11/h5-8,12-13H,3-4,9H2,1-2H3. The van der Waals surface area contributed by atoms with Crippen LogP contribution in [-0.2, 0) is 0 Å². The monoisotopic (exact) mass is 272 g/mol. The minimum absolute atomic E-state index is 0.129. The molecule has 94 valence electrons. The van der Waals surface area contributed by atoms with Crippen molar-refractivity contribution < 1.29 is 4.74 Å². The largest absolute Gasteiger partial charge is 0.490 e. The van der Waals surface area contributed by atoms with E-state index in [2.05, 4.69) is 13.8 Å². The Morgan fingerprint density at radius 3 is 2.59 bits per heavy atom. The predicted octanol–water partition coefficient (Wildman–Crippen LogP) is 4.90. The maximum atomic E-state index is 6.36. The lowest BCUT2D eigenvalue weighted by atomic mass is 9.62. The van der Waals surface area contributed by atoms with Gasteiger partial charge in [-0.05, 0) is 31.0 Å². The lowest BCUT2D eigenvalue weighted by Gasteiger charge is -2.52. The van der Waals surface area contributed by atoms with E-state index in [0.717, 1.165) is 25.0 Å². The smallest absolute Gasteiger partial charge is 0.121 e. The van der Waals surface area contributed by atoms with Crippen LogP contribution in [0, 0.1) is 5.41 Å². The highest BCUT2D eigenvalue weighted by molar-refractivity contribution is 6.30. The zero-order valence-corrected chi connectivity index (χ0v) is 11.8.